The molecule has 0 saturated heterocycles. The summed E-state index contributed by atoms with van der Waals surface area (Å²) in [6, 6.07) is 0. The minimum Gasteiger partial charge on any atom is -0.551 e. The van der Waals surface area contributed by atoms with Crippen molar-refractivity contribution < 1.29 is 40.1 Å². The molecule has 0 aromatic rings. The van der Waals surface area contributed by atoms with Crippen molar-refractivity contribution in [3.8, 4) is 0 Å². The number of amides is 3. The largest absolute Gasteiger partial charge is 1.20 e. The van der Waals surface area contributed by atoms with Crippen molar-refractivity contribution in [2.24, 2.45) is 0 Å². The third kappa shape index (κ3) is 28.8. The van der Waals surface area contributed by atoms with Crippen LogP contribution in [-0.2, 0) is 40.1 Å². The van der Waals surface area contributed by atoms with Crippen molar-refractivity contribution in [2.75, 3.05) is 19.6 Å². The van der Waals surface area contributed by atoms with Crippen LogP contribution < -0.4 is 16.0 Å². The molecule has 13 heteroatoms. The fourth-order valence-electron chi connectivity index (χ4n) is 4.42. The van der Waals surface area contributed by atoms with Crippen LogP contribution in [0.3, 0.4) is 0 Å². The summed E-state index contributed by atoms with van der Waals surface area (Å²) in [7, 11) is 0. The highest BCUT2D eigenvalue weighted by molar-refractivity contribution is 6.44. The zero-order valence-electron chi connectivity index (χ0n) is 28.7. The van der Waals surface area contributed by atoms with E-state index in [1.807, 2.05) is 0 Å². The maximum absolute atomic E-state index is 12.4. The van der Waals surface area contributed by atoms with Crippen LogP contribution in [0.5, 0.6) is 0 Å². The lowest BCUT2D eigenvalue weighted by Gasteiger charge is -2.14. The van der Waals surface area contributed by atoms with E-state index < -0.39 is 33.1 Å². The molecule has 0 aromatic heterocycles. The van der Waals surface area contributed by atoms with E-state index in [-0.39, 0.29) is 56.6 Å². The Hall–Kier alpha value is -2.65. The summed E-state index contributed by atoms with van der Waals surface area (Å²) in [6.45, 7) is 6.46. The highest BCUT2D eigenvalue weighted by Crippen LogP contribution is 2.07. The molecular weight excluding hydrogens is 609 g/mol. The van der Waals surface area contributed by atoms with E-state index in [4.69, 9.17) is 11.4 Å². The summed E-state index contributed by atoms with van der Waals surface area (Å²) >= 11 is -3.59. The van der Waals surface area contributed by atoms with Gasteiger partial charge in [0.2, 0.25) is 17.7 Å². The van der Waals surface area contributed by atoms with E-state index in [0.29, 0.717) is 19.3 Å². The Balaban J connectivity index is 4.70. The van der Waals surface area contributed by atoms with Gasteiger partial charge in [-0.3, -0.25) is 28.8 Å². The number of rotatable bonds is 30. The highest BCUT2D eigenvalue weighted by atomic mass is 27.3. The van der Waals surface area contributed by atoms with Gasteiger partial charge >= 0.3 is 15.1 Å². The molecule has 0 aromatic carbocycles. The summed E-state index contributed by atoms with van der Waals surface area (Å²) < 4.78 is 15.6. The van der Waals surface area contributed by atoms with Crippen molar-refractivity contribution in [2.45, 2.75) is 156 Å². The van der Waals surface area contributed by atoms with E-state index in [0.717, 1.165) is 96.3 Å². The lowest BCUT2D eigenvalue weighted by atomic mass is 10.1. The average Bonchev–Trinajstić information content (AvgIpc) is 3.00. The van der Waals surface area contributed by atoms with Crippen molar-refractivity contribution in [3.63, 3.8) is 0 Å². The van der Waals surface area contributed by atoms with Crippen LogP contribution >= 0.6 is 0 Å². The Morgan fingerprint density at radius 3 is 0.913 bits per heavy atom. The Morgan fingerprint density at radius 1 is 0.391 bits per heavy atom. The molecule has 0 rings (SSSR count). The van der Waals surface area contributed by atoms with E-state index in [2.05, 4.69) is 36.7 Å². The van der Waals surface area contributed by atoms with Gasteiger partial charge in [-0.25, -0.2) is 0 Å². The molecule has 0 heterocycles. The second-order valence-corrected chi connectivity index (χ2v) is 12.8. The molecule has 264 valence electrons. The Morgan fingerprint density at radius 2 is 0.652 bits per heavy atom. The first kappa shape index (κ1) is 43.4. The highest BCUT2D eigenvalue weighted by Gasteiger charge is 2.48. The molecule has 0 fully saturated rings. The number of carbonyl (C=O) groups is 6. The first-order valence-electron chi connectivity index (χ1n) is 17.6. The molecule has 0 aliphatic carbocycles. The lowest BCUT2D eigenvalue weighted by Crippen LogP contribution is -2.37. The number of nitrogens with one attached hydrogen (secondary N) is 3. The summed E-state index contributed by atoms with van der Waals surface area (Å²) in [5, 5.41) is 7.99. The molecule has 0 atom stereocenters. The average molecular weight is 670 g/mol. The van der Waals surface area contributed by atoms with Crippen LogP contribution in [0.15, 0.2) is 0 Å². The molecule has 0 radical (unpaired) electrons. The van der Waals surface area contributed by atoms with E-state index >= 15 is 0 Å². The first-order chi connectivity index (χ1) is 22.2. The van der Waals surface area contributed by atoms with E-state index in [1.54, 1.807) is 0 Å². The summed E-state index contributed by atoms with van der Waals surface area (Å²) in [6.07, 6.45) is 15.8. The fraction of sp³-hybridized carbons (Fsp3) is 0.818. The molecule has 12 nitrogen and oxygen atoms in total. The summed E-state index contributed by atoms with van der Waals surface area (Å²) in [4.78, 5) is 73.3. The van der Waals surface area contributed by atoms with Crippen molar-refractivity contribution in [3.05, 3.63) is 0 Å². The molecule has 0 bridgehead atoms. The Kier molecular flexibility index (Phi) is 29.2. The van der Waals surface area contributed by atoms with Crippen LogP contribution in [0, 0.1) is 0 Å². The molecule has 0 spiro atoms. The smallest absolute Gasteiger partial charge is 0.551 e. The number of unbranched alkanes of at least 4 members (excludes halogenated alkanes) is 12. The maximum atomic E-state index is 12.4. The quantitative estimate of drug-likeness (QED) is 0.0688. The predicted octanol–water partition coefficient (Wildman–Crippen LogP) is 5.20. The lowest BCUT2D eigenvalue weighted by molar-refractivity contribution is -0.147. The predicted molar refractivity (Wildman–Crippen MR) is 177 cm³/mol. The topological polar surface area (TPSA) is 166 Å². The molecule has 3 amide bonds. The van der Waals surface area contributed by atoms with Gasteiger partial charge in [0.15, 0.2) is 0 Å². The zero-order valence-corrected chi connectivity index (χ0v) is 29.9. The second-order valence-electron chi connectivity index (χ2n) is 11.6. The molecule has 0 aliphatic heterocycles. The zero-order chi connectivity index (χ0) is 34.3. The third-order valence-corrected chi connectivity index (χ3v) is 8.53. The summed E-state index contributed by atoms with van der Waals surface area (Å²) in [5.41, 5.74) is 0. The van der Waals surface area contributed by atoms with Crippen molar-refractivity contribution >= 4 is 50.8 Å². The van der Waals surface area contributed by atoms with Gasteiger partial charge in [-0.2, -0.15) is 0 Å². The SMILES string of the molecule is CCCCCCCC(=O)NCCC(=O)[O][Al]([O]C(=O)CCNC(=O)CCCCCCC)[O]C(=O)CCNC(=O)CCCCCCC. The fourth-order valence-corrected chi connectivity index (χ4v) is 5.56. The van der Waals surface area contributed by atoms with Crippen LogP contribution in [-0.4, -0.2) is 70.4 Å². The van der Waals surface area contributed by atoms with Crippen molar-refractivity contribution in [1.29, 1.82) is 0 Å². The van der Waals surface area contributed by atoms with Crippen LogP contribution in [0.25, 0.3) is 0 Å². The van der Waals surface area contributed by atoms with Gasteiger partial charge in [-0.15, -0.1) is 0 Å². The van der Waals surface area contributed by atoms with Gasteiger partial charge in [0.1, 0.15) is 0 Å². The minimum atomic E-state index is -3.59. The molecule has 0 aliphatic rings. The normalized spacial score (nSPS) is 10.5. The van der Waals surface area contributed by atoms with Crippen LogP contribution in [0.1, 0.15) is 156 Å². The second kappa shape index (κ2) is 31.0. The van der Waals surface area contributed by atoms with Gasteiger partial charge in [0.05, 0.1) is 19.3 Å². The number of carbonyl (C=O) groups excluding carboxylic acids is 6. The summed E-state index contributed by atoms with van der Waals surface area (Å²) in [5.74, 6) is -2.85. The molecule has 46 heavy (non-hydrogen) atoms. The van der Waals surface area contributed by atoms with E-state index in [1.165, 1.54) is 0 Å². The molecule has 3 N–H and O–H groups in total. The van der Waals surface area contributed by atoms with Gasteiger partial charge in [0.25, 0.3) is 17.9 Å². The number of hydrogen-bond donors (Lipinski definition) is 3. The first-order valence-corrected chi connectivity index (χ1v) is 19.0. The monoisotopic (exact) mass is 669 g/mol. The van der Waals surface area contributed by atoms with E-state index in [9.17, 15) is 28.8 Å². The van der Waals surface area contributed by atoms with Gasteiger partial charge < -0.3 is 27.3 Å². The van der Waals surface area contributed by atoms with Crippen molar-refractivity contribution in [1.82, 2.24) is 16.0 Å². The third-order valence-electron chi connectivity index (χ3n) is 7.16. The molecular formula is C33H60AlN3O9. The Bertz CT molecular complexity index is 764. The van der Waals surface area contributed by atoms with Gasteiger partial charge in [-0.05, 0) is 19.3 Å². The standard InChI is InChI=1S/3C11H21NO3.Al/c3*1-2-3-4-5-6-7-10(13)12-9-8-11(14)15;/h3*2-9H2,1H3,(H,12,13)(H,14,15);/q;;;+3/p-3. The van der Waals surface area contributed by atoms with Gasteiger partial charge in [0, 0.05) is 38.9 Å². The molecule has 0 saturated carbocycles. The molecule has 0 unspecified atom stereocenters. The minimum absolute atomic E-state index is 0.0323. The Labute approximate surface area is 281 Å². The van der Waals surface area contributed by atoms with Crippen LogP contribution in [0.4, 0.5) is 0 Å². The van der Waals surface area contributed by atoms with Gasteiger partial charge in [-0.1, -0.05) is 97.8 Å². The number of hydrogen-bond acceptors (Lipinski definition) is 9. The van der Waals surface area contributed by atoms with Crippen LogP contribution in [0.2, 0.25) is 0 Å². The maximum Gasteiger partial charge on any atom is 1.20 e.